The Kier molecular flexibility index (Phi) is 7.10. The van der Waals surface area contributed by atoms with Crippen molar-refractivity contribution in [2.45, 2.75) is 38.4 Å². The first-order valence-electron chi connectivity index (χ1n) is 12.6. The summed E-state index contributed by atoms with van der Waals surface area (Å²) in [6, 6.07) is 15.5. The fourth-order valence-electron chi connectivity index (χ4n) is 5.36. The van der Waals surface area contributed by atoms with Gasteiger partial charge in [0.15, 0.2) is 0 Å². The van der Waals surface area contributed by atoms with Crippen molar-refractivity contribution in [1.82, 2.24) is 14.9 Å². The van der Waals surface area contributed by atoms with Crippen LogP contribution in [-0.4, -0.2) is 35.1 Å². The second-order valence-electron chi connectivity index (χ2n) is 9.81. The minimum absolute atomic E-state index is 0.0852. The van der Waals surface area contributed by atoms with Crippen LogP contribution in [0, 0.1) is 11.8 Å². The first kappa shape index (κ1) is 25.8. The summed E-state index contributed by atoms with van der Waals surface area (Å²) >= 11 is 0. The number of amides is 1. The van der Waals surface area contributed by atoms with Crippen molar-refractivity contribution in [2.24, 2.45) is 11.8 Å². The molecule has 0 aliphatic heterocycles. The minimum Gasteiger partial charge on any atom is -0.469 e. The highest BCUT2D eigenvalue weighted by Gasteiger charge is 2.37. The van der Waals surface area contributed by atoms with E-state index in [1.807, 2.05) is 36.4 Å². The van der Waals surface area contributed by atoms with Crippen molar-refractivity contribution in [1.29, 1.82) is 0 Å². The molecule has 0 radical (unpaired) electrons. The van der Waals surface area contributed by atoms with Crippen LogP contribution in [-0.2, 0) is 22.3 Å². The number of benzene rings is 2. The number of hydrogen-bond acceptors (Lipinski definition) is 4. The van der Waals surface area contributed by atoms with E-state index in [-0.39, 0.29) is 42.0 Å². The SMILES string of the molecule is COC(=O)[C@H]1CC[C@H](CNC(=O)c2c(C(F)(F)F)ccc3ccn(Cc4ccc5ccccc5n4)c23)CC1. The molecule has 4 aromatic rings. The Morgan fingerprint density at radius 2 is 1.74 bits per heavy atom. The summed E-state index contributed by atoms with van der Waals surface area (Å²) in [4.78, 5) is 29.8. The molecule has 2 heterocycles. The van der Waals surface area contributed by atoms with Crippen molar-refractivity contribution < 1.29 is 27.5 Å². The van der Waals surface area contributed by atoms with E-state index in [4.69, 9.17) is 4.74 Å². The van der Waals surface area contributed by atoms with E-state index in [1.54, 1.807) is 16.8 Å². The molecule has 5 rings (SSSR count). The second-order valence-corrected chi connectivity index (χ2v) is 9.81. The number of hydrogen-bond donors (Lipinski definition) is 1. The molecule has 0 unspecified atom stereocenters. The standard InChI is InChI=1S/C29H28F3N3O3/c1-38-28(37)21-8-6-18(7-9-21)16-33-27(36)25-23(29(30,31)32)13-11-20-14-15-35(26(20)25)17-22-12-10-19-4-2-3-5-24(19)34-22/h2-5,10-15,18,21H,6-9,16-17H2,1H3,(H,33,36)/t18-,21-. The summed E-state index contributed by atoms with van der Waals surface area (Å²) < 4.78 is 48.7. The van der Waals surface area contributed by atoms with Crippen LogP contribution in [0.1, 0.15) is 47.3 Å². The van der Waals surface area contributed by atoms with Gasteiger partial charge in [-0.15, -0.1) is 0 Å². The smallest absolute Gasteiger partial charge is 0.417 e. The average Bonchev–Trinajstić information content (AvgIpc) is 3.33. The lowest BCUT2D eigenvalue weighted by molar-refractivity contribution is -0.146. The molecule has 0 spiro atoms. The lowest BCUT2D eigenvalue weighted by Gasteiger charge is -2.27. The molecule has 1 aliphatic carbocycles. The zero-order chi connectivity index (χ0) is 26.9. The number of para-hydroxylation sites is 1. The predicted octanol–water partition coefficient (Wildman–Crippen LogP) is 5.97. The van der Waals surface area contributed by atoms with Gasteiger partial charge in [-0.1, -0.05) is 30.3 Å². The van der Waals surface area contributed by atoms with E-state index in [0.717, 1.165) is 17.0 Å². The number of rotatable bonds is 6. The molecular formula is C29H28F3N3O3. The summed E-state index contributed by atoms with van der Waals surface area (Å²) in [5.41, 5.74) is 0.332. The third kappa shape index (κ3) is 5.23. The van der Waals surface area contributed by atoms with E-state index in [9.17, 15) is 22.8 Å². The van der Waals surface area contributed by atoms with Gasteiger partial charge in [-0.2, -0.15) is 13.2 Å². The quantitative estimate of drug-likeness (QED) is 0.316. The maximum atomic E-state index is 14.1. The van der Waals surface area contributed by atoms with Crippen LogP contribution < -0.4 is 5.32 Å². The molecule has 0 saturated heterocycles. The molecule has 38 heavy (non-hydrogen) atoms. The Morgan fingerprint density at radius 1 is 1.00 bits per heavy atom. The molecule has 9 heteroatoms. The molecule has 1 aliphatic rings. The zero-order valence-corrected chi connectivity index (χ0v) is 20.9. The van der Waals surface area contributed by atoms with Crippen molar-refractivity contribution >= 4 is 33.7 Å². The molecule has 1 fully saturated rings. The number of alkyl halides is 3. The third-order valence-electron chi connectivity index (χ3n) is 7.38. The lowest BCUT2D eigenvalue weighted by Crippen LogP contribution is -2.34. The van der Waals surface area contributed by atoms with Crippen LogP contribution in [0.4, 0.5) is 13.2 Å². The van der Waals surface area contributed by atoms with E-state index in [0.29, 0.717) is 36.8 Å². The molecule has 2 aromatic heterocycles. The van der Waals surface area contributed by atoms with Gasteiger partial charge in [0.05, 0.1) is 47.4 Å². The maximum Gasteiger partial charge on any atom is 0.417 e. The number of carbonyl (C=O) groups is 2. The predicted molar refractivity (Wildman–Crippen MR) is 138 cm³/mol. The number of carbonyl (C=O) groups excluding carboxylic acids is 2. The summed E-state index contributed by atoms with van der Waals surface area (Å²) in [5, 5.41) is 4.26. The molecule has 0 bridgehead atoms. The number of nitrogens with zero attached hydrogens (tertiary/aromatic N) is 2. The molecule has 1 saturated carbocycles. The highest BCUT2D eigenvalue weighted by molar-refractivity contribution is 6.07. The van der Waals surface area contributed by atoms with Gasteiger partial charge < -0.3 is 14.6 Å². The molecule has 198 valence electrons. The number of nitrogens with one attached hydrogen (secondary N) is 1. The first-order chi connectivity index (χ1) is 18.2. The largest absolute Gasteiger partial charge is 0.469 e. The van der Waals surface area contributed by atoms with E-state index in [2.05, 4.69) is 10.3 Å². The van der Waals surface area contributed by atoms with Gasteiger partial charge in [0.25, 0.3) is 5.91 Å². The second kappa shape index (κ2) is 10.5. The summed E-state index contributed by atoms with van der Waals surface area (Å²) in [5.74, 6) is -1.08. The van der Waals surface area contributed by atoms with Gasteiger partial charge >= 0.3 is 12.1 Å². The summed E-state index contributed by atoms with van der Waals surface area (Å²) in [7, 11) is 1.36. The van der Waals surface area contributed by atoms with Crippen LogP contribution in [0.3, 0.4) is 0 Å². The van der Waals surface area contributed by atoms with Gasteiger partial charge in [-0.3, -0.25) is 14.6 Å². The van der Waals surface area contributed by atoms with E-state index in [1.165, 1.54) is 13.2 Å². The average molecular weight is 524 g/mol. The van der Waals surface area contributed by atoms with Crippen LogP contribution in [0.2, 0.25) is 0 Å². The molecular weight excluding hydrogens is 495 g/mol. The number of esters is 1. The fraction of sp³-hybridized carbons (Fsp3) is 0.345. The fourth-order valence-corrected chi connectivity index (χ4v) is 5.36. The van der Waals surface area contributed by atoms with Crippen molar-refractivity contribution in [3.05, 3.63) is 77.6 Å². The minimum atomic E-state index is -4.70. The van der Waals surface area contributed by atoms with E-state index >= 15 is 0 Å². The maximum absolute atomic E-state index is 14.1. The van der Waals surface area contributed by atoms with Gasteiger partial charge in [0, 0.05) is 23.5 Å². The van der Waals surface area contributed by atoms with Crippen LogP contribution in [0.25, 0.3) is 21.8 Å². The lowest BCUT2D eigenvalue weighted by atomic mass is 9.82. The number of aromatic nitrogens is 2. The Hall–Kier alpha value is -3.88. The summed E-state index contributed by atoms with van der Waals surface area (Å²) in [6.45, 7) is 0.459. The number of pyridine rings is 1. The molecule has 1 amide bonds. The normalized spacial score (nSPS) is 18.0. The number of fused-ring (bicyclic) bond motifs is 2. The van der Waals surface area contributed by atoms with Gasteiger partial charge in [0.2, 0.25) is 0 Å². The van der Waals surface area contributed by atoms with Crippen molar-refractivity contribution in [2.75, 3.05) is 13.7 Å². The molecule has 2 aromatic carbocycles. The Balaban J connectivity index is 1.42. The Morgan fingerprint density at radius 3 is 2.47 bits per heavy atom. The van der Waals surface area contributed by atoms with E-state index < -0.39 is 17.6 Å². The zero-order valence-electron chi connectivity index (χ0n) is 20.9. The highest BCUT2D eigenvalue weighted by Crippen LogP contribution is 2.36. The summed E-state index contributed by atoms with van der Waals surface area (Å²) in [6.07, 6.45) is -0.348. The topological polar surface area (TPSA) is 73.2 Å². The number of ether oxygens (including phenoxy) is 1. The highest BCUT2D eigenvalue weighted by atomic mass is 19.4. The van der Waals surface area contributed by atoms with Gasteiger partial charge in [0.1, 0.15) is 0 Å². The third-order valence-corrected chi connectivity index (χ3v) is 7.38. The number of halogens is 3. The number of methoxy groups -OCH3 is 1. The first-order valence-corrected chi connectivity index (χ1v) is 12.6. The van der Waals surface area contributed by atoms with Crippen molar-refractivity contribution in [3.63, 3.8) is 0 Å². The Bertz CT molecular complexity index is 1490. The van der Waals surface area contributed by atoms with Gasteiger partial charge in [-0.05, 0) is 55.9 Å². The van der Waals surface area contributed by atoms with Crippen LogP contribution in [0.5, 0.6) is 0 Å². The van der Waals surface area contributed by atoms with Crippen molar-refractivity contribution in [3.8, 4) is 0 Å². The molecule has 1 N–H and O–H groups in total. The van der Waals surface area contributed by atoms with Crippen LogP contribution >= 0.6 is 0 Å². The van der Waals surface area contributed by atoms with Gasteiger partial charge in [-0.25, -0.2) is 0 Å². The molecule has 0 atom stereocenters. The molecule has 6 nitrogen and oxygen atoms in total. The monoisotopic (exact) mass is 523 g/mol. The Labute approximate surface area is 217 Å². The van der Waals surface area contributed by atoms with Crippen LogP contribution in [0.15, 0.2) is 60.8 Å².